The summed E-state index contributed by atoms with van der Waals surface area (Å²) in [7, 11) is 0. The predicted octanol–water partition coefficient (Wildman–Crippen LogP) is 5.63. The van der Waals surface area contributed by atoms with Gasteiger partial charge in [0.15, 0.2) is 0 Å². The lowest BCUT2D eigenvalue weighted by atomic mass is 9.87. The summed E-state index contributed by atoms with van der Waals surface area (Å²) >= 11 is 3.50. The summed E-state index contributed by atoms with van der Waals surface area (Å²) in [5.74, 6) is 0.908. The molecule has 0 aliphatic rings. The van der Waals surface area contributed by atoms with Crippen molar-refractivity contribution in [3.05, 3.63) is 63.6 Å². The molecule has 0 N–H and O–H groups in total. The van der Waals surface area contributed by atoms with Crippen LogP contribution in [0.2, 0.25) is 0 Å². The Morgan fingerprint density at radius 2 is 1.65 bits per heavy atom. The maximum atomic E-state index is 5.83. The van der Waals surface area contributed by atoms with Gasteiger partial charge in [0.1, 0.15) is 12.4 Å². The zero-order valence-corrected chi connectivity index (χ0v) is 14.1. The minimum Gasteiger partial charge on any atom is -0.489 e. The van der Waals surface area contributed by atoms with E-state index < -0.39 is 0 Å². The van der Waals surface area contributed by atoms with Crippen molar-refractivity contribution in [3.8, 4) is 5.75 Å². The Bertz CT molecular complexity index is 579. The Labute approximate surface area is 130 Å². The maximum Gasteiger partial charge on any atom is 0.120 e. The summed E-state index contributed by atoms with van der Waals surface area (Å²) < 4.78 is 6.94. The van der Waals surface area contributed by atoms with Crippen molar-refractivity contribution < 1.29 is 4.74 Å². The number of halogens is 1. The molecule has 0 radical (unpaired) electrons. The second kappa shape index (κ2) is 6.01. The van der Waals surface area contributed by atoms with E-state index in [4.69, 9.17) is 4.74 Å². The highest BCUT2D eigenvalue weighted by Crippen LogP contribution is 2.24. The zero-order chi connectivity index (χ0) is 14.8. The normalized spacial score (nSPS) is 11.4. The molecule has 0 saturated carbocycles. The molecule has 106 valence electrons. The molecule has 2 aromatic rings. The molecule has 2 heteroatoms. The van der Waals surface area contributed by atoms with Crippen LogP contribution in [-0.2, 0) is 12.0 Å². The largest absolute Gasteiger partial charge is 0.489 e. The molecule has 0 unspecified atom stereocenters. The summed E-state index contributed by atoms with van der Waals surface area (Å²) in [5.41, 5.74) is 3.92. The van der Waals surface area contributed by atoms with Gasteiger partial charge < -0.3 is 4.74 Å². The van der Waals surface area contributed by atoms with E-state index in [2.05, 4.69) is 67.9 Å². The minimum absolute atomic E-state index is 0.197. The number of aryl methyl sites for hydroxylation is 1. The highest BCUT2D eigenvalue weighted by molar-refractivity contribution is 9.10. The smallest absolute Gasteiger partial charge is 0.120 e. The first-order chi connectivity index (χ1) is 9.36. The molecule has 0 aliphatic heterocycles. The van der Waals surface area contributed by atoms with E-state index >= 15 is 0 Å². The predicted molar refractivity (Wildman–Crippen MR) is 88.4 cm³/mol. The molecule has 0 amide bonds. The molecule has 2 aromatic carbocycles. The van der Waals surface area contributed by atoms with Gasteiger partial charge in [-0.25, -0.2) is 0 Å². The average molecular weight is 333 g/mol. The van der Waals surface area contributed by atoms with Crippen LogP contribution < -0.4 is 4.74 Å². The lowest BCUT2D eigenvalue weighted by Crippen LogP contribution is -2.10. The number of hydrogen-bond acceptors (Lipinski definition) is 1. The molecule has 1 nitrogen and oxygen atoms in total. The van der Waals surface area contributed by atoms with Gasteiger partial charge in [0.05, 0.1) is 0 Å². The Hall–Kier alpha value is -1.28. The SMILES string of the molecule is Cc1cc(OCc2ccc(C(C)(C)C)cc2)ccc1Br. The van der Waals surface area contributed by atoms with Crippen LogP contribution >= 0.6 is 15.9 Å². The van der Waals surface area contributed by atoms with Gasteiger partial charge in [-0.15, -0.1) is 0 Å². The quantitative estimate of drug-likeness (QED) is 0.707. The maximum absolute atomic E-state index is 5.83. The number of hydrogen-bond donors (Lipinski definition) is 0. The van der Waals surface area contributed by atoms with Crippen LogP contribution in [0.3, 0.4) is 0 Å². The fourth-order valence-corrected chi connectivity index (χ4v) is 2.22. The van der Waals surface area contributed by atoms with Crippen molar-refractivity contribution in [1.82, 2.24) is 0 Å². The molecule has 0 aromatic heterocycles. The molecule has 0 bridgehead atoms. The van der Waals surface area contributed by atoms with Crippen LogP contribution in [-0.4, -0.2) is 0 Å². The minimum atomic E-state index is 0.197. The van der Waals surface area contributed by atoms with Gasteiger partial charge in [-0.2, -0.15) is 0 Å². The third-order valence-electron chi connectivity index (χ3n) is 3.35. The summed E-state index contributed by atoms with van der Waals surface area (Å²) in [6.07, 6.45) is 0. The topological polar surface area (TPSA) is 9.23 Å². The molecule has 0 heterocycles. The molecule has 0 saturated heterocycles. The van der Waals surface area contributed by atoms with E-state index in [-0.39, 0.29) is 5.41 Å². The van der Waals surface area contributed by atoms with E-state index in [9.17, 15) is 0 Å². The summed E-state index contributed by atoms with van der Waals surface area (Å²) in [5, 5.41) is 0. The van der Waals surface area contributed by atoms with E-state index in [1.54, 1.807) is 0 Å². The van der Waals surface area contributed by atoms with Crippen LogP contribution in [0.1, 0.15) is 37.5 Å². The molecule has 2 rings (SSSR count). The second-order valence-corrected chi connectivity index (χ2v) is 7.00. The van der Waals surface area contributed by atoms with Gasteiger partial charge in [-0.05, 0) is 47.2 Å². The lowest BCUT2D eigenvalue weighted by Gasteiger charge is -2.19. The van der Waals surface area contributed by atoms with Crippen molar-refractivity contribution in [1.29, 1.82) is 0 Å². The van der Waals surface area contributed by atoms with Crippen LogP contribution in [0.5, 0.6) is 5.75 Å². The van der Waals surface area contributed by atoms with Gasteiger partial charge in [-0.3, -0.25) is 0 Å². The van der Waals surface area contributed by atoms with Gasteiger partial charge in [0.25, 0.3) is 0 Å². The molecule has 0 aliphatic carbocycles. The average Bonchev–Trinajstić information content (AvgIpc) is 2.40. The van der Waals surface area contributed by atoms with Crippen molar-refractivity contribution >= 4 is 15.9 Å². The Morgan fingerprint density at radius 1 is 1.00 bits per heavy atom. The second-order valence-electron chi connectivity index (χ2n) is 6.15. The van der Waals surface area contributed by atoms with E-state index in [0.717, 1.165) is 10.2 Å². The van der Waals surface area contributed by atoms with E-state index in [1.165, 1.54) is 16.7 Å². The Balaban J connectivity index is 2.02. The molecular formula is C18H21BrO. The third-order valence-corrected chi connectivity index (χ3v) is 4.24. The van der Waals surface area contributed by atoms with Crippen LogP contribution in [0.15, 0.2) is 46.9 Å². The lowest BCUT2D eigenvalue weighted by molar-refractivity contribution is 0.306. The Kier molecular flexibility index (Phi) is 4.54. The monoisotopic (exact) mass is 332 g/mol. The Morgan fingerprint density at radius 3 is 2.20 bits per heavy atom. The van der Waals surface area contributed by atoms with E-state index in [1.807, 2.05) is 18.2 Å². The third kappa shape index (κ3) is 3.86. The number of rotatable bonds is 3. The first kappa shape index (κ1) is 15.1. The van der Waals surface area contributed by atoms with Gasteiger partial charge in [0.2, 0.25) is 0 Å². The van der Waals surface area contributed by atoms with Crippen molar-refractivity contribution in [2.24, 2.45) is 0 Å². The highest BCUT2D eigenvalue weighted by Gasteiger charge is 2.12. The van der Waals surface area contributed by atoms with Gasteiger partial charge >= 0.3 is 0 Å². The number of ether oxygens (including phenoxy) is 1. The summed E-state index contributed by atoms with van der Waals surface area (Å²) in [6.45, 7) is 9.34. The van der Waals surface area contributed by atoms with Crippen LogP contribution in [0, 0.1) is 6.92 Å². The van der Waals surface area contributed by atoms with Crippen molar-refractivity contribution in [2.45, 2.75) is 39.7 Å². The van der Waals surface area contributed by atoms with Gasteiger partial charge in [-0.1, -0.05) is 61.0 Å². The van der Waals surface area contributed by atoms with Crippen molar-refractivity contribution in [2.75, 3.05) is 0 Å². The standard InChI is InChI=1S/C18H21BrO/c1-13-11-16(9-10-17(13)19)20-12-14-5-7-15(8-6-14)18(2,3)4/h5-11H,12H2,1-4H3. The molecule has 0 fully saturated rings. The summed E-state index contributed by atoms with van der Waals surface area (Å²) in [4.78, 5) is 0. The van der Waals surface area contributed by atoms with Crippen molar-refractivity contribution in [3.63, 3.8) is 0 Å². The fourth-order valence-electron chi connectivity index (χ4n) is 1.97. The summed E-state index contributed by atoms with van der Waals surface area (Å²) in [6, 6.07) is 14.7. The van der Waals surface area contributed by atoms with Crippen LogP contribution in [0.4, 0.5) is 0 Å². The van der Waals surface area contributed by atoms with Gasteiger partial charge in [0, 0.05) is 4.47 Å². The molecular weight excluding hydrogens is 312 g/mol. The molecule has 0 spiro atoms. The van der Waals surface area contributed by atoms with Crippen LogP contribution in [0.25, 0.3) is 0 Å². The number of benzene rings is 2. The molecule has 0 atom stereocenters. The zero-order valence-electron chi connectivity index (χ0n) is 12.5. The first-order valence-electron chi connectivity index (χ1n) is 6.84. The highest BCUT2D eigenvalue weighted by atomic mass is 79.9. The first-order valence-corrected chi connectivity index (χ1v) is 7.64. The fraction of sp³-hybridized carbons (Fsp3) is 0.333. The van der Waals surface area contributed by atoms with E-state index in [0.29, 0.717) is 6.61 Å². The molecule has 20 heavy (non-hydrogen) atoms.